The molecule has 2 aromatic heterocycles. The van der Waals surface area contributed by atoms with Crippen LogP contribution in [-0.4, -0.2) is 89.6 Å². The molecule has 1 N–H and O–H groups in total. The Morgan fingerprint density at radius 2 is 1.76 bits per heavy atom. The van der Waals surface area contributed by atoms with E-state index in [4.69, 9.17) is 0 Å². The van der Waals surface area contributed by atoms with Gasteiger partial charge >= 0.3 is 0 Å². The van der Waals surface area contributed by atoms with E-state index in [0.29, 0.717) is 19.6 Å². The molecule has 13 heteroatoms. The molecule has 1 saturated heterocycles. The summed E-state index contributed by atoms with van der Waals surface area (Å²) in [5.74, 6) is 0.777. The Morgan fingerprint density at radius 1 is 1.08 bits per heavy atom. The molecule has 0 atom stereocenters. The number of benzene rings is 1. The number of amides is 1. The standard InChI is InChI=1S/C24H32N8O3S.ClH/c1-19(33)27-16-20-4-6-21(7-5-20)23-24(26-9-8-25-23)32-14-12-31(13-15-32)11-10-30(3)36(34,35)22-17-28-29(2)18-22;/h4-9,17-18H,10-16H2,1-3H3,(H,27,33);1H. The van der Waals surface area contributed by atoms with Gasteiger partial charge in [0.05, 0.1) is 6.20 Å². The molecule has 11 nitrogen and oxygen atoms in total. The molecular formula is C24H33ClN8O3S. The highest BCUT2D eigenvalue weighted by Gasteiger charge is 2.25. The van der Waals surface area contributed by atoms with Gasteiger partial charge in [-0.2, -0.15) is 9.40 Å². The summed E-state index contributed by atoms with van der Waals surface area (Å²) in [6, 6.07) is 7.97. The summed E-state index contributed by atoms with van der Waals surface area (Å²) in [6.07, 6.45) is 6.28. The van der Waals surface area contributed by atoms with E-state index in [1.165, 1.54) is 28.3 Å². The van der Waals surface area contributed by atoms with E-state index >= 15 is 0 Å². The van der Waals surface area contributed by atoms with Crippen LogP contribution in [0.15, 0.2) is 53.9 Å². The fraction of sp³-hybridized carbons (Fsp3) is 0.417. The molecule has 1 aliphatic heterocycles. The van der Waals surface area contributed by atoms with Crippen molar-refractivity contribution in [2.45, 2.75) is 18.4 Å². The molecule has 200 valence electrons. The SMILES string of the molecule is CC(=O)NCc1ccc(-c2nccnc2N2CCN(CCN(C)S(=O)(=O)c3cnn(C)c3)CC2)cc1.Cl. The smallest absolute Gasteiger partial charge is 0.245 e. The van der Waals surface area contributed by atoms with Gasteiger partial charge in [-0.3, -0.25) is 19.4 Å². The molecule has 0 bridgehead atoms. The van der Waals surface area contributed by atoms with Crippen LogP contribution in [0, 0.1) is 0 Å². The molecule has 1 aromatic carbocycles. The average Bonchev–Trinajstić information content (AvgIpc) is 3.34. The van der Waals surface area contributed by atoms with Crippen molar-refractivity contribution in [3.8, 4) is 11.3 Å². The predicted octanol–water partition coefficient (Wildman–Crippen LogP) is 1.38. The predicted molar refractivity (Wildman–Crippen MR) is 144 cm³/mol. The molecule has 0 unspecified atom stereocenters. The largest absolute Gasteiger partial charge is 0.352 e. The number of hydrogen-bond acceptors (Lipinski definition) is 8. The third-order valence-electron chi connectivity index (χ3n) is 6.24. The van der Waals surface area contributed by atoms with Crippen LogP contribution in [-0.2, 0) is 28.4 Å². The van der Waals surface area contributed by atoms with Crippen molar-refractivity contribution in [3.05, 3.63) is 54.6 Å². The lowest BCUT2D eigenvalue weighted by molar-refractivity contribution is -0.119. The lowest BCUT2D eigenvalue weighted by Crippen LogP contribution is -2.49. The molecule has 4 rings (SSSR count). The molecule has 3 aromatic rings. The van der Waals surface area contributed by atoms with E-state index in [1.54, 1.807) is 26.5 Å². The Labute approximate surface area is 224 Å². The van der Waals surface area contributed by atoms with Crippen molar-refractivity contribution in [2.75, 3.05) is 51.2 Å². The molecule has 1 fully saturated rings. The van der Waals surface area contributed by atoms with Gasteiger partial charge in [0.1, 0.15) is 10.6 Å². The number of carbonyl (C=O) groups excluding carboxylic acids is 1. The van der Waals surface area contributed by atoms with Gasteiger partial charge in [0.25, 0.3) is 0 Å². The molecule has 0 spiro atoms. The van der Waals surface area contributed by atoms with Crippen molar-refractivity contribution >= 4 is 34.2 Å². The van der Waals surface area contributed by atoms with E-state index in [-0.39, 0.29) is 23.2 Å². The summed E-state index contributed by atoms with van der Waals surface area (Å²) in [7, 11) is -0.244. The second kappa shape index (κ2) is 12.5. The first-order chi connectivity index (χ1) is 17.2. The number of nitrogens with zero attached hydrogens (tertiary/aromatic N) is 7. The van der Waals surface area contributed by atoms with E-state index in [1.807, 2.05) is 24.3 Å². The summed E-state index contributed by atoms with van der Waals surface area (Å²) in [5, 5.41) is 6.77. The zero-order valence-corrected chi connectivity index (χ0v) is 22.9. The van der Waals surface area contributed by atoms with E-state index < -0.39 is 10.0 Å². The minimum Gasteiger partial charge on any atom is -0.352 e. The quantitative estimate of drug-likeness (QED) is 0.426. The van der Waals surface area contributed by atoms with Gasteiger partial charge in [0.15, 0.2) is 5.82 Å². The Morgan fingerprint density at radius 3 is 2.38 bits per heavy atom. The Kier molecular flexibility index (Phi) is 9.60. The van der Waals surface area contributed by atoms with Gasteiger partial charge in [0.2, 0.25) is 15.9 Å². The van der Waals surface area contributed by atoms with Crippen LogP contribution in [0.3, 0.4) is 0 Å². The van der Waals surface area contributed by atoms with E-state index in [9.17, 15) is 13.2 Å². The van der Waals surface area contributed by atoms with Gasteiger partial charge in [-0.25, -0.2) is 13.4 Å². The van der Waals surface area contributed by atoms with Crippen LogP contribution >= 0.6 is 12.4 Å². The number of piperazine rings is 1. The third-order valence-corrected chi connectivity index (χ3v) is 8.05. The Hall–Kier alpha value is -3.06. The van der Waals surface area contributed by atoms with Gasteiger partial charge < -0.3 is 10.2 Å². The number of likely N-dealkylation sites (N-methyl/N-ethyl adjacent to an activating group) is 1. The van der Waals surface area contributed by atoms with Crippen molar-refractivity contribution in [1.29, 1.82) is 0 Å². The van der Waals surface area contributed by atoms with Crippen LogP contribution in [0.4, 0.5) is 5.82 Å². The molecule has 1 amide bonds. The van der Waals surface area contributed by atoms with Crippen LogP contribution in [0.2, 0.25) is 0 Å². The van der Waals surface area contributed by atoms with Crippen molar-refractivity contribution in [3.63, 3.8) is 0 Å². The Bertz CT molecular complexity index is 1290. The summed E-state index contributed by atoms with van der Waals surface area (Å²) in [6.45, 7) is 6.17. The number of anilines is 1. The summed E-state index contributed by atoms with van der Waals surface area (Å²) >= 11 is 0. The lowest BCUT2D eigenvalue weighted by atomic mass is 10.1. The first kappa shape index (κ1) is 28.5. The van der Waals surface area contributed by atoms with E-state index in [0.717, 1.165) is 48.8 Å². The van der Waals surface area contributed by atoms with Gasteiger partial charge in [-0.15, -0.1) is 12.4 Å². The van der Waals surface area contributed by atoms with Crippen LogP contribution in [0.25, 0.3) is 11.3 Å². The molecule has 1 aliphatic rings. The number of nitrogens with one attached hydrogen (secondary N) is 1. The fourth-order valence-corrected chi connectivity index (χ4v) is 5.22. The fourth-order valence-electron chi connectivity index (χ4n) is 4.07. The normalized spacial score (nSPS) is 14.4. The summed E-state index contributed by atoms with van der Waals surface area (Å²) < 4.78 is 28.3. The maximum atomic E-state index is 12.7. The monoisotopic (exact) mass is 548 g/mol. The second-order valence-electron chi connectivity index (χ2n) is 8.84. The number of hydrogen-bond donors (Lipinski definition) is 1. The zero-order valence-electron chi connectivity index (χ0n) is 21.2. The van der Waals surface area contributed by atoms with Gasteiger partial charge in [-0.1, -0.05) is 24.3 Å². The van der Waals surface area contributed by atoms with Gasteiger partial charge in [0, 0.05) is 91.0 Å². The van der Waals surface area contributed by atoms with Crippen molar-refractivity contribution < 1.29 is 13.2 Å². The molecule has 0 aliphatic carbocycles. The Balaban J connectivity index is 0.00000380. The minimum atomic E-state index is -3.55. The number of halogens is 1. The maximum absolute atomic E-state index is 12.7. The summed E-state index contributed by atoms with van der Waals surface area (Å²) in [4.78, 5) is 25.1. The molecule has 0 saturated carbocycles. The van der Waals surface area contributed by atoms with Gasteiger partial charge in [-0.05, 0) is 5.56 Å². The zero-order chi connectivity index (χ0) is 25.7. The van der Waals surface area contributed by atoms with E-state index in [2.05, 4.69) is 30.2 Å². The molecule has 0 radical (unpaired) electrons. The molecular weight excluding hydrogens is 516 g/mol. The highest BCUT2D eigenvalue weighted by Crippen LogP contribution is 2.27. The highest BCUT2D eigenvalue weighted by atomic mass is 35.5. The first-order valence-corrected chi connectivity index (χ1v) is 13.2. The maximum Gasteiger partial charge on any atom is 0.245 e. The van der Waals surface area contributed by atoms with Crippen molar-refractivity contribution in [2.24, 2.45) is 7.05 Å². The minimum absolute atomic E-state index is 0. The number of carbonyl (C=O) groups is 1. The molecule has 37 heavy (non-hydrogen) atoms. The topological polar surface area (TPSA) is 117 Å². The number of rotatable bonds is 9. The summed E-state index contributed by atoms with van der Waals surface area (Å²) in [5.41, 5.74) is 2.80. The number of sulfonamides is 1. The van der Waals surface area contributed by atoms with Crippen LogP contribution in [0.1, 0.15) is 12.5 Å². The van der Waals surface area contributed by atoms with Crippen molar-refractivity contribution in [1.82, 2.24) is 34.3 Å². The van der Waals surface area contributed by atoms with Crippen LogP contribution in [0.5, 0.6) is 0 Å². The van der Waals surface area contributed by atoms with Crippen LogP contribution < -0.4 is 10.2 Å². The highest BCUT2D eigenvalue weighted by molar-refractivity contribution is 7.89. The number of aromatic nitrogens is 4. The lowest BCUT2D eigenvalue weighted by Gasteiger charge is -2.36. The average molecular weight is 549 g/mol. The number of aryl methyl sites for hydroxylation is 1. The molecule has 3 heterocycles. The first-order valence-electron chi connectivity index (χ1n) is 11.8. The third kappa shape index (κ3) is 7.04. The second-order valence-corrected chi connectivity index (χ2v) is 10.9.